The zero-order valence-electron chi connectivity index (χ0n) is 12.9. The number of fused-ring (bicyclic) bond motifs is 1. The minimum Gasteiger partial charge on any atom is -0.264 e. The fourth-order valence-corrected chi connectivity index (χ4v) is 3.62. The molecule has 2 aromatic rings. The molecule has 1 aliphatic carbocycles. The Morgan fingerprint density at radius 2 is 1.88 bits per heavy atom. The van der Waals surface area contributed by atoms with Crippen LogP contribution in [0.3, 0.4) is 0 Å². The lowest BCUT2D eigenvalue weighted by molar-refractivity contribution is 0.337. The van der Waals surface area contributed by atoms with E-state index >= 15 is 0 Å². The van der Waals surface area contributed by atoms with E-state index in [1.807, 2.05) is 6.92 Å². The van der Waals surface area contributed by atoms with Crippen LogP contribution in [-0.4, -0.2) is 14.1 Å². The predicted octanol–water partition coefficient (Wildman–Crippen LogP) is 4.23. The highest BCUT2D eigenvalue weighted by molar-refractivity contribution is 7.86. The zero-order valence-corrected chi connectivity index (χ0v) is 14.5. The molecular formula is C17H15ClFNO3S. The van der Waals surface area contributed by atoms with Crippen molar-refractivity contribution in [2.75, 3.05) is 0 Å². The maximum absolute atomic E-state index is 14.2. The van der Waals surface area contributed by atoms with E-state index < -0.39 is 15.9 Å². The van der Waals surface area contributed by atoms with Crippen molar-refractivity contribution < 1.29 is 17.1 Å². The average Bonchev–Trinajstić information content (AvgIpc) is 2.53. The van der Waals surface area contributed by atoms with Gasteiger partial charge in [0.1, 0.15) is 10.7 Å². The molecule has 4 nitrogen and oxygen atoms in total. The molecule has 0 saturated heterocycles. The fraction of sp³-hybridized carbons (Fsp3) is 0.235. The van der Waals surface area contributed by atoms with Crippen molar-refractivity contribution in [3.8, 4) is 0 Å². The molecule has 0 heterocycles. The van der Waals surface area contributed by atoms with Gasteiger partial charge in [-0.05, 0) is 56.0 Å². The van der Waals surface area contributed by atoms with Crippen molar-refractivity contribution in [1.29, 1.82) is 0 Å². The van der Waals surface area contributed by atoms with Gasteiger partial charge < -0.3 is 0 Å². The summed E-state index contributed by atoms with van der Waals surface area (Å²) in [4.78, 5) is 0.00469. The summed E-state index contributed by atoms with van der Waals surface area (Å²) in [5, 5.41) is 4.04. The Balaban J connectivity index is 1.93. The molecule has 24 heavy (non-hydrogen) atoms. The van der Waals surface area contributed by atoms with Crippen LogP contribution in [0, 0.1) is 12.7 Å². The van der Waals surface area contributed by atoms with E-state index in [9.17, 15) is 12.8 Å². The predicted molar refractivity (Wildman–Crippen MR) is 90.3 cm³/mol. The van der Waals surface area contributed by atoms with Gasteiger partial charge in [-0.15, -0.1) is 0 Å². The third kappa shape index (κ3) is 3.44. The minimum atomic E-state index is -4.04. The summed E-state index contributed by atoms with van der Waals surface area (Å²) in [6, 6.07) is 9.08. The number of halogens is 2. The van der Waals surface area contributed by atoms with E-state index in [0.717, 1.165) is 12.0 Å². The zero-order chi connectivity index (χ0) is 17.3. The van der Waals surface area contributed by atoms with Crippen LogP contribution < -0.4 is 0 Å². The van der Waals surface area contributed by atoms with Gasteiger partial charge in [-0.25, -0.2) is 4.39 Å². The largest absolute Gasteiger partial charge is 0.358 e. The van der Waals surface area contributed by atoms with Crippen molar-refractivity contribution in [2.45, 2.75) is 31.1 Å². The van der Waals surface area contributed by atoms with Gasteiger partial charge >= 0.3 is 10.1 Å². The first-order chi connectivity index (χ1) is 11.4. The van der Waals surface area contributed by atoms with E-state index in [-0.39, 0.29) is 16.2 Å². The van der Waals surface area contributed by atoms with Gasteiger partial charge in [-0.1, -0.05) is 34.5 Å². The van der Waals surface area contributed by atoms with E-state index in [1.165, 1.54) is 18.2 Å². The van der Waals surface area contributed by atoms with Crippen LogP contribution in [0.25, 0.3) is 0 Å². The highest BCUT2D eigenvalue weighted by Crippen LogP contribution is 2.28. The van der Waals surface area contributed by atoms with Crippen molar-refractivity contribution in [3.63, 3.8) is 0 Å². The van der Waals surface area contributed by atoms with Gasteiger partial charge in [0.05, 0.1) is 5.71 Å². The van der Waals surface area contributed by atoms with E-state index in [4.69, 9.17) is 15.9 Å². The fourth-order valence-electron chi connectivity index (χ4n) is 2.65. The Bertz CT molecular complexity index is 908. The summed E-state index contributed by atoms with van der Waals surface area (Å²) in [7, 11) is -4.04. The molecule has 126 valence electrons. The molecule has 7 heteroatoms. The monoisotopic (exact) mass is 367 g/mol. The maximum Gasteiger partial charge on any atom is 0.358 e. The topological polar surface area (TPSA) is 55.7 Å². The molecular weight excluding hydrogens is 353 g/mol. The third-order valence-electron chi connectivity index (χ3n) is 3.84. The molecule has 3 rings (SSSR count). The molecule has 0 saturated carbocycles. The maximum atomic E-state index is 14.2. The molecule has 0 N–H and O–H groups in total. The summed E-state index contributed by atoms with van der Waals surface area (Å²) in [5.74, 6) is -0.521. The van der Waals surface area contributed by atoms with Crippen LogP contribution in [0.1, 0.15) is 29.5 Å². The SMILES string of the molecule is Cc1ccc(S(=O)(=O)ON=C2CCCc3cc(Cl)cc(F)c32)cc1. The molecule has 1 aliphatic rings. The lowest BCUT2D eigenvalue weighted by Crippen LogP contribution is -2.16. The summed E-state index contributed by atoms with van der Waals surface area (Å²) in [5.41, 5.74) is 2.20. The molecule has 0 atom stereocenters. The lowest BCUT2D eigenvalue weighted by Gasteiger charge is -2.18. The first kappa shape index (κ1) is 16.9. The van der Waals surface area contributed by atoms with Crippen molar-refractivity contribution in [1.82, 2.24) is 0 Å². The van der Waals surface area contributed by atoms with Crippen molar-refractivity contribution in [3.05, 3.63) is 63.9 Å². The molecule has 0 aliphatic heterocycles. The molecule has 0 aromatic heterocycles. The van der Waals surface area contributed by atoms with E-state index in [2.05, 4.69) is 5.16 Å². The third-order valence-corrected chi connectivity index (χ3v) is 5.18. The molecule has 0 bridgehead atoms. The van der Waals surface area contributed by atoms with Gasteiger partial charge in [0.2, 0.25) is 0 Å². The van der Waals surface area contributed by atoms with Crippen LogP contribution in [0.5, 0.6) is 0 Å². The number of oxime groups is 1. The van der Waals surface area contributed by atoms with Crippen molar-refractivity contribution >= 4 is 27.4 Å². The van der Waals surface area contributed by atoms with Gasteiger partial charge in [0.25, 0.3) is 0 Å². The average molecular weight is 368 g/mol. The second-order valence-corrected chi connectivity index (χ2v) is 7.62. The number of benzene rings is 2. The molecule has 0 amide bonds. The summed E-state index contributed by atoms with van der Waals surface area (Å²) >= 11 is 5.87. The molecule has 0 spiro atoms. The Morgan fingerprint density at radius 3 is 2.58 bits per heavy atom. The second-order valence-electron chi connectivity index (χ2n) is 5.65. The Morgan fingerprint density at radius 1 is 1.17 bits per heavy atom. The Kier molecular flexibility index (Phi) is 4.60. The number of hydrogen-bond acceptors (Lipinski definition) is 4. The van der Waals surface area contributed by atoms with Gasteiger partial charge in [0.15, 0.2) is 0 Å². The van der Waals surface area contributed by atoms with Crippen molar-refractivity contribution in [2.24, 2.45) is 5.16 Å². The summed E-state index contributed by atoms with van der Waals surface area (Å²) in [6.07, 6.45) is 1.82. The number of aryl methyl sites for hydroxylation is 2. The number of rotatable bonds is 3. The van der Waals surface area contributed by atoms with Crippen LogP contribution in [0.4, 0.5) is 4.39 Å². The van der Waals surface area contributed by atoms with E-state index in [0.29, 0.717) is 23.4 Å². The van der Waals surface area contributed by atoms with Crippen LogP contribution in [0.15, 0.2) is 46.4 Å². The molecule has 0 radical (unpaired) electrons. The van der Waals surface area contributed by atoms with Gasteiger partial charge in [0, 0.05) is 10.6 Å². The number of nitrogens with zero attached hydrogens (tertiary/aromatic N) is 1. The normalized spacial score (nSPS) is 16.0. The summed E-state index contributed by atoms with van der Waals surface area (Å²) in [6.45, 7) is 1.85. The molecule has 0 unspecified atom stereocenters. The first-order valence-electron chi connectivity index (χ1n) is 7.42. The number of hydrogen-bond donors (Lipinski definition) is 0. The van der Waals surface area contributed by atoms with Gasteiger partial charge in [-0.3, -0.25) is 4.28 Å². The quantitative estimate of drug-likeness (QED) is 0.763. The standard InChI is InChI=1S/C17H15ClFNO3S/c1-11-5-7-14(8-6-11)24(21,22)23-20-16-4-2-3-12-9-13(18)10-15(19)17(12)16/h5-10H,2-4H2,1H3. The first-order valence-corrected chi connectivity index (χ1v) is 9.21. The van der Waals surface area contributed by atoms with E-state index in [1.54, 1.807) is 18.2 Å². The second kappa shape index (κ2) is 6.53. The molecule has 0 fully saturated rings. The summed E-state index contributed by atoms with van der Waals surface area (Å²) < 4.78 is 43.4. The lowest BCUT2D eigenvalue weighted by atomic mass is 9.90. The Hall–Kier alpha value is -1.92. The van der Waals surface area contributed by atoms with Crippen LogP contribution in [-0.2, 0) is 20.8 Å². The van der Waals surface area contributed by atoms with Crippen LogP contribution >= 0.6 is 11.6 Å². The smallest absolute Gasteiger partial charge is 0.264 e. The minimum absolute atomic E-state index is 0.00469. The van der Waals surface area contributed by atoms with Gasteiger partial charge in [-0.2, -0.15) is 8.42 Å². The molecule has 2 aromatic carbocycles. The van der Waals surface area contributed by atoms with Crippen LogP contribution in [0.2, 0.25) is 5.02 Å². The Labute approximate surface area is 145 Å². The highest BCUT2D eigenvalue weighted by atomic mass is 35.5. The highest BCUT2D eigenvalue weighted by Gasteiger charge is 2.23.